The summed E-state index contributed by atoms with van der Waals surface area (Å²) in [4.78, 5) is 34.9. The van der Waals surface area contributed by atoms with E-state index in [9.17, 15) is 19.0 Å². The number of rotatable bonds is 37. The molecule has 0 aliphatic heterocycles. The summed E-state index contributed by atoms with van der Waals surface area (Å²) in [5, 5.41) is 2.82. The molecule has 2 N–H and O–H groups in total. The molecule has 2 atom stereocenters. The van der Waals surface area contributed by atoms with Gasteiger partial charge in [0.1, 0.15) is 6.61 Å². The van der Waals surface area contributed by atoms with Crippen LogP contribution in [0.4, 0.5) is 0 Å². The number of ether oxygens (including phenoxy) is 2. The Morgan fingerprint density at radius 3 is 1.64 bits per heavy atom. The molecule has 0 radical (unpaired) electrons. The lowest BCUT2D eigenvalue weighted by molar-refractivity contribution is -0.161. The number of allylic oxidation sites excluding steroid dienone is 6. The number of hydrogen-bond donors (Lipinski definition) is 2. The first-order valence-electron chi connectivity index (χ1n) is 19.9. The molecule has 0 aliphatic rings. The van der Waals surface area contributed by atoms with E-state index in [1.807, 2.05) is 0 Å². The first kappa shape index (κ1) is 48.2. The van der Waals surface area contributed by atoms with Crippen molar-refractivity contribution in [3.8, 4) is 0 Å². The van der Waals surface area contributed by atoms with Gasteiger partial charge in [0.25, 0.3) is 0 Å². The fourth-order valence-electron chi connectivity index (χ4n) is 5.16. The van der Waals surface area contributed by atoms with Crippen molar-refractivity contribution in [2.45, 2.75) is 174 Å². The minimum Gasteiger partial charge on any atom is -0.462 e. The SMILES string of the molecule is CCCCC/C=C\C/C=C\CCCCCCCC(=O)OCC(COP(=O)(O)OCCNC)OC(=O)CCCCCCC/C=C\CCCCCC. The molecule has 9 nitrogen and oxygen atoms in total. The van der Waals surface area contributed by atoms with Crippen molar-refractivity contribution >= 4 is 19.8 Å². The summed E-state index contributed by atoms with van der Waals surface area (Å²) in [7, 11) is -2.65. The quantitative estimate of drug-likeness (QED) is 0.0279. The predicted molar refractivity (Wildman–Crippen MR) is 206 cm³/mol. The third-order valence-corrected chi connectivity index (χ3v) is 9.22. The molecule has 0 bridgehead atoms. The van der Waals surface area contributed by atoms with Crippen molar-refractivity contribution in [1.29, 1.82) is 0 Å². The van der Waals surface area contributed by atoms with Gasteiger partial charge in [-0.3, -0.25) is 18.6 Å². The van der Waals surface area contributed by atoms with Crippen molar-refractivity contribution in [2.75, 3.05) is 33.4 Å². The maximum absolute atomic E-state index is 12.6. The lowest BCUT2D eigenvalue weighted by Gasteiger charge is -2.20. The van der Waals surface area contributed by atoms with Crippen molar-refractivity contribution < 1.29 is 37.6 Å². The fourth-order valence-corrected chi connectivity index (χ4v) is 5.92. The number of esters is 2. The molecule has 50 heavy (non-hydrogen) atoms. The van der Waals surface area contributed by atoms with Crippen LogP contribution < -0.4 is 5.32 Å². The number of phosphoric acid groups is 1. The predicted octanol–water partition coefficient (Wildman–Crippen LogP) is 10.9. The highest BCUT2D eigenvalue weighted by molar-refractivity contribution is 7.47. The highest BCUT2D eigenvalue weighted by atomic mass is 31.2. The molecular weight excluding hydrogens is 653 g/mol. The second-order valence-electron chi connectivity index (χ2n) is 13.1. The van der Waals surface area contributed by atoms with E-state index in [0.717, 1.165) is 77.0 Å². The van der Waals surface area contributed by atoms with Gasteiger partial charge in [0, 0.05) is 19.4 Å². The van der Waals surface area contributed by atoms with E-state index in [0.29, 0.717) is 13.0 Å². The maximum Gasteiger partial charge on any atom is 0.472 e. The minimum absolute atomic E-state index is 0.0212. The van der Waals surface area contributed by atoms with E-state index in [4.69, 9.17) is 18.5 Å². The Morgan fingerprint density at radius 1 is 0.620 bits per heavy atom. The maximum atomic E-state index is 12.6. The molecule has 0 rings (SSSR count). The van der Waals surface area contributed by atoms with Crippen LogP contribution in [-0.4, -0.2) is 56.3 Å². The van der Waals surface area contributed by atoms with Crippen LogP contribution in [0.25, 0.3) is 0 Å². The number of hydrogen-bond acceptors (Lipinski definition) is 8. The van der Waals surface area contributed by atoms with Crippen LogP contribution in [0.3, 0.4) is 0 Å². The zero-order chi connectivity index (χ0) is 36.8. The fraction of sp³-hybridized carbons (Fsp3) is 0.800. The molecule has 10 heteroatoms. The number of unbranched alkanes of at least 4 members (excludes halogenated alkanes) is 17. The largest absolute Gasteiger partial charge is 0.472 e. The van der Waals surface area contributed by atoms with Crippen molar-refractivity contribution in [3.05, 3.63) is 36.5 Å². The third kappa shape index (κ3) is 36.0. The Hall–Kier alpha value is -1.77. The van der Waals surface area contributed by atoms with Gasteiger partial charge >= 0.3 is 19.8 Å². The Labute approximate surface area is 306 Å². The van der Waals surface area contributed by atoms with Gasteiger partial charge in [-0.25, -0.2) is 4.57 Å². The Bertz CT molecular complexity index is 923. The molecule has 0 saturated heterocycles. The van der Waals surface area contributed by atoms with Gasteiger partial charge < -0.3 is 19.7 Å². The van der Waals surface area contributed by atoms with Crippen LogP contribution >= 0.6 is 7.82 Å². The smallest absolute Gasteiger partial charge is 0.462 e. The van der Waals surface area contributed by atoms with Gasteiger partial charge in [0.15, 0.2) is 6.10 Å². The van der Waals surface area contributed by atoms with Gasteiger partial charge in [-0.2, -0.15) is 0 Å². The lowest BCUT2D eigenvalue weighted by atomic mass is 10.1. The van der Waals surface area contributed by atoms with Crippen LogP contribution in [0, 0.1) is 0 Å². The molecular formula is C40H74NO8P. The number of likely N-dealkylation sites (N-methyl/N-ethyl adjacent to an activating group) is 1. The van der Waals surface area contributed by atoms with E-state index in [1.54, 1.807) is 7.05 Å². The summed E-state index contributed by atoms with van der Waals surface area (Å²) in [6.45, 7) is 4.14. The molecule has 292 valence electrons. The molecule has 0 aromatic rings. The van der Waals surface area contributed by atoms with Gasteiger partial charge in [0.05, 0.1) is 13.2 Å². The standard InChI is InChI=1S/C40H74NO8P/c1-4-6-8-10-12-14-16-18-19-21-22-24-26-28-30-32-39(42)46-36-38(37-48-50(44,45)47-35-34-41-3)49-40(43)33-31-29-27-25-23-20-17-15-13-11-9-7-5-2/h12,14-15,17-19,38,41H,4-11,13,16,20-37H2,1-3H3,(H,44,45)/b14-12-,17-15-,19-18-. The molecule has 0 aromatic carbocycles. The van der Waals surface area contributed by atoms with Crippen LogP contribution in [0.15, 0.2) is 36.5 Å². The van der Waals surface area contributed by atoms with Crippen LogP contribution in [-0.2, 0) is 32.7 Å². The van der Waals surface area contributed by atoms with Crippen LogP contribution in [0.1, 0.15) is 168 Å². The van der Waals surface area contributed by atoms with E-state index < -0.39 is 26.5 Å². The van der Waals surface area contributed by atoms with Crippen LogP contribution in [0.5, 0.6) is 0 Å². The number of carbonyl (C=O) groups excluding carboxylic acids is 2. The Kier molecular flexibility index (Phi) is 35.7. The summed E-state index contributed by atoms with van der Waals surface area (Å²) < 4.78 is 33.1. The summed E-state index contributed by atoms with van der Waals surface area (Å²) in [6, 6.07) is 0. The summed E-state index contributed by atoms with van der Waals surface area (Å²) in [5.74, 6) is -0.834. The molecule has 0 saturated carbocycles. The summed E-state index contributed by atoms with van der Waals surface area (Å²) >= 11 is 0. The van der Waals surface area contributed by atoms with Gasteiger partial charge in [0.2, 0.25) is 0 Å². The molecule has 0 aromatic heterocycles. The number of nitrogens with one attached hydrogen (secondary N) is 1. The first-order chi connectivity index (χ1) is 24.3. The number of carbonyl (C=O) groups is 2. The van der Waals surface area contributed by atoms with Gasteiger partial charge in [-0.1, -0.05) is 121 Å². The summed E-state index contributed by atoms with van der Waals surface area (Å²) in [5.41, 5.74) is 0. The van der Waals surface area contributed by atoms with Crippen molar-refractivity contribution in [3.63, 3.8) is 0 Å². The van der Waals surface area contributed by atoms with E-state index in [1.165, 1.54) is 57.8 Å². The molecule has 0 spiro atoms. The Morgan fingerprint density at radius 2 is 1.08 bits per heavy atom. The third-order valence-electron chi connectivity index (χ3n) is 8.23. The second kappa shape index (κ2) is 37.0. The van der Waals surface area contributed by atoms with E-state index in [2.05, 4.69) is 55.6 Å². The minimum atomic E-state index is -4.35. The van der Waals surface area contributed by atoms with E-state index in [-0.39, 0.29) is 32.0 Å². The molecule has 0 fully saturated rings. The van der Waals surface area contributed by atoms with Crippen molar-refractivity contribution in [2.24, 2.45) is 0 Å². The van der Waals surface area contributed by atoms with Gasteiger partial charge in [-0.15, -0.1) is 0 Å². The molecule has 0 amide bonds. The molecule has 0 heterocycles. The number of phosphoric ester groups is 1. The average molecular weight is 728 g/mol. The van der Waals surface area contributed by atoms with E-state index >= 15 is 0 Å². The zero-order valence-electron chi connectivity index (χ0n) is 32.1. The van der Waals surface area contributed by atoms with Crippen molar-refractivity contribution in [1.82, 2.24) is 5.32 Å². The topological polar surface area (TPSA) is 120 Å². The highest BCUT2D eigenvalue weighted by Gasteiger charge is 2.26. The highest BCUT2D eigenvalue weighted by Crippen LogP contribution is 2.43. The van der Waals surface area contributed by atoms with Crippen LogP contribution in [0.2, 0.25) is 0 Å². The molecule has 2 unspecified atom stereocenters. The normalized spacial score (nSPS) is 13.8. The lowest BCUT2D eigenvalue weighted by Crippen LogP contribution is -2.29. The first-order valence-corrected chi connectivity index (χ1v) is 21.4. The summed E-state index contributed by atoms with van der Waals surface area (Å²) in [6.07, 6.45) is 37.5. The monoisotopic (exact) mass is 728 g/mol. The second-order valence-corrected chi connectivity index (χ2v) is 14.6. The molecule has 0 aliphatic carbocycles. The zero-order valence-corrected chi connectivity index (χ0v) is 33.0. The Balaban J connectivity index is 4.31. The van der Waals surface area contributed by atoms with Gasteiger partial charge in [-0.05, 0) is 77.7 Å². The average Bonchev–Trinajstić information content (AvgIpc) is 3.09.